The van der Waals surface area contributed by atoms with E-state index in [4.69, 9.17) is 0 Å². The van der Waals surface area contributed by atoms with Crippen LogP contribution in [0.4, 0.5) is 0 Å². The minimum Gasteiger partial charge on any atom is -0.316 e. The molecule has 0 aliphatic carbocycles. The molecular weight excluding hydrogens is 298 g/mol. The van der Waals surface area contributed by atoms with Gasteiger partial charge in [0.2, 0.25) is 0 Å². The van der Waals surface area contributed by atoms with Crippen LogP contribution in [0.3, 0.4) is 0 Å². The Morgan fingerprint density at radius 2 is 1.71 bits per heavy atom. The van der Waals surface area contributed by atoms with Gasteiger partial charge in [-0.2, -0.15) is 0 Å². The maximum Gasteiger partial charge on any atom is 0.0202 e. The second kappa shape index (κ2) is 6.80. The molecule has 0 amide bonds. The number of benzene rings is 2. The van der Waals surface area contributed by atoms with Gasteiger partial charge in [0, 0.05) is 11.0 Å². The van der Waals surface area contributed by atoms with E-state index in [1.165, 1.54) is 16.7 Å². The number of nitrogens with one attached hydrogen (secondary N) is 1. The minimum absolute atomic E-state index is 0. The van der Waals surface area contributed by atoms with Crippen LogP contribution in [0.25, 0.3) is 11.1 Å². The van der Waals surface area contributed by atoms with Crippen LogP contribution in [0.2, 0.25) is 0 Å². The Labute approximate surface area is 117 Å². The monoisotopic (exact) mass is 311 g/mol. The van der Waals surface area contributed by atoms with E-state index < -0.39 is 0 Å². The Morgan fingerprint density at radius 3 is 2.35 bits per heavy atom. The van der Waals surface area contributed by atoms with Crippen LogP contribution in [0, 0.1) is 0 Å². The standard InChI is InChI=1S/C14H14BrN.ClH/c1-16-10-11-3-2-4-13(9-11)12-5-7-14(15)8-6-12;/h2-9,16H,10H2,1H3;1H. The largest absolute Gasteiger partial charge is 0.316 e. The lowest BCUT2D eigenvalue weighted by molar-refractivity contribution is 0.818. The highest BCUT2D eigenvalue weighted by Crippen LogP contribution is 2.22. The summed E-state index contributed by atoms with van der Waals surface area (Å²) >= 11 is 3.45. The lowest BCUT2D eigenvalue weighted by Crippen LogP contribution is -2.04. The number of halogens is 2. The van der Waals surface area contributed by atoms with Crippen LogP contribution in [0.15, 0.2) is 53.0 Å². The van der Waals surface area contributed by atoms with Crippen molar-refractivity contribution in [2.24, 2.45) is 0 Å². The zero-order chi connectivity index (χ0) is 11.4. The molecule has 2 aromatic carbocycles. The van der Waals surface area contributed by atoms with Gasteiger partial charge in [0.15, 0.2) is 0 Å². The molecule has 1 nitrogen and oxygen atoms in total. The molecule has 0 radical (unpaired) electrons. The molecule has 0 spiro atoms. The minimum atomic E-state index is 0. The Hall–Kier alpha value is -0.830. The second-order valence-electron chi connectivity index (χ2n) is 3.74. The van der Waals surface area contributed by atoms with Crippen molar-refractivity contribution >= 4 is 28.3 Å². The van der Waals surface area contributed by atoms with Gasteiger partial charge in [0.1, 0.15) is 0 Å². The van der Waals surface area contributed by atoms with Crippen molar-refractivity contribution in [1.82, 2.24) is 5.32 Å². The zero-order valence-corrected chi connectivity index (χ0v) is 12.0. The molecule has 0 saturated carbocycles. The van der Waals surface area contributed by atoms with Crippen molar-refractivity contribution in [1.29, 1.82) is 0 Å². The van der Waals surface area contributed by atoms with Crippen LogP contribution in [-0.2, 0) is 6.54 Å². The van der Waals surface area contributed by atoms with Crippen LogP contribution in [0.1, 0.15) is 5.56 Å². The molecule has 0 atom stereocenters. The quantitative estimate of drug-likeness (QED) is 0.893. The third-order valence-corrected chi connectivity index (χ3v) is 3.01. The summed E-state index contributed by atoms with van der Waals surface area (Å²) in [6.45, 7) is 0.907. The SMILES string of the molecule is CNCc1cccc(-c2ccc(Br)cc2)c1.Cl. The molecule has 0 aliphatic heterocycles. The molecule has 2 rings (SSSR count). The van der Waals surface area contributed by atoms with E-state index in [0.29, 0.717) is 0 Å². The molecular formula is C14H15BrClN. The molecule has 0 fully saturated rings. The van der Waals surface area contributed by atoms with Crippen LogP contribution in [0.5, 0.6) is 0 Å². The molecule has 0 aliphatic rings. The summed E-state index contributed by atoms with van der Waals surface area (Å²) in [4.78, 5) is 0. The van der Waals surface area contributed by atoms with E-state index in [-0.39, 0.29) is 12.4 Å². The van der Waals surface area contributed by atoms with Crippen LogP contribution < -0.4 is 5.32 Å². The highest BCUT2D eigenvalue weighted by molar-refractivity contribution is 9.10. The first-order valence-electron chi connectivity index (χ1n) is 5.29. The first kappa shape index (κ1) is 14.2. The fourth-order valence-electron chi connectivity index (χ4n) is 1.71. The van der Waals surface area contributed by atoms with Gasteiger partial charge in [-0.15, -0.1) is 12.4 Å². The van der Waals surface area contributed by atoms with Crippen LogP contribution in [-0.4, -0.2) is 7.05 Å². The van der Waals surface area contributed by atoms with E-state index >= 15 is 0 Å². The zero-order valence-electron chi connectivity index (χ0n) is 9.61. The van der Waals surface area contributed by atoms with E-state index in [1.807, 2.05) is 7.05 Å². The van der Waals surface area contributed by atoms with Gasteiger partial charge in [-0.3, -0.25) is 0 Å². The predicted molar refractivity (Wildman–Crippen MR) is 79.6 cm³/mol. The van der Waals surface area contributed by atoms with Gasteiger partial charge in [0.05, 0.1) is 0 Å². The van der Waals surface area contributed by atoms with Gasteiger partial charge in [-0.25, -0.2) is 0 Å². The molecule has 2 aromatic rings. The van der Waals surface area contributed by atoms with Crippen molar-refractivity contribution in [2.45, 2.75) is 6.54 Å². The van der Waals surface area contributed by atoms with Crippen molar-refractivity contribution < 1.29 is 0 Å². The predicted octanol–water partition coefficient (Wildman–Crippen LogP) is 4.26. The normalized spacial score (nSPS) is 9.76. The van der Waals surface area contributed by atoms with E-state index in [9.17, 15) is 0 Å². The van der Waals surface area contributed by atoms with Crippen molar-refractivity contribution in [2.75, 3.05) is 7.05 Å². The summed E-state index contributed by atoms with van der Waals surface area (Å²) in [7, 11) is 1.96. The Balaban J connectivity index is 0.00000144. The summed E-state index contributed by atoms with van der Waals surface area (Å²) < 4.78 is 1.11. The average molecular weight is 313 g/mol. The van der Waals surface area contributed by atoms with Crippen LogP contribution >= 0.6 is 28.3 Å². The molecule has 1 N–H and O–H groups in total. The average Bonchev–Trinajstić information content (AvgIpc) is 2.31. The number of hydrogen-bond acceptors (Lipinski definition) is 1. The van der Waals surface area contributed by atoms with E-state index in [1.54, 1.807) is 0 Å². The molecule has 3 heteroatoms. The molecule has 17 heavy (non-hydrogen) atoms. The number of rotatable bonds is 3. The van der Waals surface area contributed by atoms with Crippen molar-refractivity contribution in [3.8, 4) is 11.1 Å². The fraction of sp³-hybridized carbons (Fsp3) is 0.143. The molecule has 90 valence electrons. The smallest absolute Gasteiger partial charge is 0.0202 e. The summed E-state index contributed by atoms with van der Waals surface area (Å²) in [6, 6.07) is 17.0. The molecule has 0 saturated heterocycles. The second-order valence-corrected chi connectivity index (χ2v) is 4.65. The van der Waals surface area contributed by atoms with Gasteiger partial charge in [-0.05, 0) is 41.9 Å². The maximum absolute atomic E-state index is 3.45. The highest BCUT2D eigenvalue weighted by atomic mass is 79.9. The topological polar surface area (TPSA) is 12.0 Å². The first-order chi connectivity index (χ1) is 7.79. The Morgan fingerprint density at radius 1 is 1.00 bits per heavy atom. The summed E-state index contributed by atoms with van der Waals surface area (Å²) in [5.41, 5.74) is 3.82. The third-order valence-electron chi connectivity index (χ3n) is 2.49. The highest BCUT2D eigenvalue weighted by Gasteiger charge is 1.98. The first-order valence-corrected chi connectivity index (χ1v) is 6.08. The number of hydrogen-bond donors (Lipinski definition) is 1. The van der Waals surface area contributed by atoms with Crippen molar-refractivity contribution in [3.05, 3.63) is 58.6 Å². The van der Waals surface area contributed by atoms with Crippen molar-refractivity contribution in [3.63, 3.8) is 0 Å². The third kappa shape index (κ3) is 3.84. The van der Waals surface area contributed by atoms with Gasteiger partial charge in [-0.1, -0.05) is 46.3 Å². The van der Waals surface area contributed by atoms with E-state index in [2.05, 4.69) is 69.8 Å². The van der Waals surface area contributed by atoms with E-state index in [0.717, 1.165) is 11.0 Å². The van der Waals surface area contributed by atoms with Gasteiger partial charge < -0.3 is 5.32 Å². The summed E-state index contributed by atoms with van der Waals surface area (Å²) in [5.74, 6) is 0. The molecule has 0 bridgehead atoms. The molecule has 0 unspecified atom stereocenters. The summed E-state index contributed by atoms with van der Waals surface area (Å²) in [6.07, 6.45) is 0. The summed E-state index contributed by atoms with van der Waals surface area (Å²) in [5, 5.41) is 3.16. The fourth-order valence-corrected chi connectivity index (χ4v) is 1.97. The lowest BCUT2D eigenvalue weighted by atomic mass is 10.0. The molecule has 0 aromatic heterocycles. The van der Waals surface area contributed by atoms with Gasteiger partial charge >= 0.3 is 0 Å². The Bertz CT molecular complexity index is 468. The maximum atomic E-state index is 3.45. The molecule has 0 heterocycles. The van der Waals surface area contributed by atoms with Gasteiger partial charge in [0.25, 0.3) is 0 Å². The Kier molecular flexibility index (Phi) is 5.69. The lowest BCUT2D eigenvalue weighted by Gasteiger charge is -2.05.